The fourth-order valence-electron chi connectivity index (χ4n) is 2.43. The van der Waals surface area contributed by atoms with Crippen molar-refractivity contribution in [1.82, 2.24) is 5.32 Å². The highest BCUT2D eigenvalue weighted by molar-refractivity contribution is 5.97. The lowest BCUT2D eigenvalue weighted by Gasteiger charge is -2.29. The molecule has 138 valence electrons. The molecule has 1 aromatic carbocycles. The van der Waals surface area contributed by atoms with E-state index in [1.807, 2.05) is 0 Å². The van der Waals surface area contributed by atoms with Crippen molar-refractivity contribution in [1.29, 1.82) is 0 Å². The Labute approximate surface area is 142 Å². The Morgan fingerprint density at radius 3 is 2.72 bits per heavy atom. The van der Waals surface area contributed by atoms with E-state index in [4.69, 9.17) is 10.5 Å². The predicted octanol–water partition coefficient (Wildman–Crippen LogP) is 0.554. The molecule has 7 nitrogen and oxygen atoms in total. The third kappa shape index (κ3) is 4.47. The normalized spacial score (nSPS) is 16.7. The van der Waals surface area contributed by atoms with Gasteiger partial charge in [0.15, 0.2) is 0 Å². The number of halogens is 3. The van der Waals surface area contributed by atoms with E-state index < -0.39 is 29.6 Å². The highest BCUT2D eigenvalue weighted by atomic mass is 19.4. The van der Waals surface area contributed by atoms with E-state index in [0.29, 0.717) is 0 Å². The number of hydrogen-bond donors (Lipinski definition) is 3. The maximum absolute atomic E-state index is 13.4. The largest absolute Gasteiger partial charge is 0.418 e. The van der Waals surface area contributed by atoms with Crippen LogP contribution in [0, 0.1) is 0 Å². The van der Waals surface area contributed by atoms with E-state index >= 15 is 0 Å². The molecule has 1 saturated heterocycles. The lowest BCUT2D eigenvalue weighted by atomic mass is 10.1. The average Bonchev–Trinajstić information content (AvgIpc) is 2.56. The van der Waals surface area contributed by atoms with Crippen LogP contribution in [0.2, 0.25) is 0 Å². The molecule has 1 aromatic rings. The van der Waals surface area contributed by atoms with Gasteiger partial charge in [-0.2, -0.15) is 13.2 Å². The van der Waals surface area contributed by atoms with Gasteiger partial charge in [0.05, 0.1) is 23.9 Å². The molecule has 0 aromatic heterocycles. The molecule has 0 unspecified atom stereocenters. The van der Waals surface area contributed by atoms with Crippen LogP contribution >= 0.6 is 0 Å². The van der Waals surface area contributed by atoms with Crippen molar-refractivity contribution >= 4 is 23.2 Å². The van der Waals surface area contributed by atoms with Gasteiger partial charge in [-0.25, -0.2) is 0 Å². The van der Waals surface area contributed by atoms with Gasteiger partial charge in [-0.15, -0.1) is 0 Å². The minimum atomic E-state index is -4.69. The fraction of sp³-hybridized carbons (Fsp3) is 0.467. The molecule has 0 saturated carbocycles. The third-order valence-electron chi connectivity index (χ3n) is 3.75. The Kier molecular flexibility index (Phi) is 5.98. The summed E-state index contributed by atoms with van der Waals surface area (Å²) < 4.78 is 45.2. The second-order valence-corrected chi connectivity index (χ2v) is 5.39. The van der Waals surface area contributed by atoms with Crippen molar-refractivity contribution in [3.63, 3.8) is 0 Å². The number of carbonyl (C=O) groups excluding carboxylic acids is 2. The van der Waals surface area contributed by atoms with Crippen LogP contribution in [-0.4, -0.2) is 51.2 Å². The molecule has 2 rings (SSSR count). The highest BCUT2D eigenvalue weighted by Gasteiger charge is 2.37. The first kappa shape index (κ1) is 19.2. The van der Waals surface area contributed by atoms with E-state index in [0.717, 1.165) is 11.0 Å². The summed E-state index contributed by atoms with van der Waals surface area (Å²) in [7, 11) is 1.52. The SMILES string of the molecule is CN[C@H](CN)C(=O)Nc1ccc(N2CCOCC2=O)c(C(F)(F)F)c1. The zero-order valence-corrected chi connectivity index (χ0v) is 13.5. The van der Waals surface area contributed by atoms with Crippen LogP contribution in [0.5, 0.6) is 0 Å². The summed E-state index contributed by atoms with van der Waals surface area (Å²) in [6.45, 7) is -0.0878. The first-order chi connectivity index (χ1) is 11.8. The number of nitrogens with two attached hydrogens (primary N) is 1. The monoisotopic (exact) mass is 360 g/mol. The number of nitrogens with zero attached hydrogens (tertiary/aromatic N) is 1. The van der Waals surface area contributed by atoms with Crippen molar-refractivity contribution in [2.24, 2.45) is 5.73 Å². The van der Waals surface area contributed by atoms with Gasteiger partial charge in [0, 0.05) is 18.8 Å². The summed E-state index contributed by atoms with van der Waals surface area (Å²) in [4.78, 5) is 24.8. The molecule has 0 spiro atoms. The summed E-state index contributed by atoms with van der Waals surface area (Å²) in [5.74, 6) is -1.10. The maximum Gasteiger partial charge on any atom is 0.418 e. The summed E-state index contributed by atoms with van der Waals surface area (Å²) in [6.07, 6.45) is -4.69. The number of nitrogens with one attached hydrogen (secondary N) is 2. The van der Waals surface area contributed by atoms with Crippen molar-refractivity contribution in [3.8, 4) is 0 Å². The van der Waals surface area contributed by atoms with Crippen LogP contribution in [-0.2, 0) is 20.5 Å². The van der Waals surface area contributed by atoms with Crippen molar-refractivity contribution in [3.05, 3.63) is 23.8 Å². The Morgan fingerprint density at radius 2 is 2.16 bits per heavy atom. The first-order valence-corrected chi connectivity index (χ1v) is 7.55. The molecule has 10 heteroatoms. The molecule has 0 bridgehead atoms. The zero-order chi connectivity index (χ0) is 18.6. The van der Waals surface area contributed by atoms with Crippen LogP contribution in [0.3, 0.4) is 0 Å². The second kappa shape index (κ2) is 7.81. The number of ether oxygens (including phenoxy) is 1. The minimum absolute atomic E-state index is 0.00513. The highest BCUT2D eigenvalue weighted by Crippen LogP contribution is 2.38. The van der Waals surface area contributed by atoms with E-state index in [1.165, 1.54) is 19.2 Å². The van der Waals surface area contributed by atoms with Gasteiger partial charge in [0.2, 0.25) is 5.91 Å². The number of benzene rings is 1. The molecule has 25 heavy (non-hydrogen) atoms. The molecule has 2 amide bonds. The zero-order valence-electron chi connectivity index (χ0n) is 13.5. The Balaban J connectivity index is 2.34. The quantitative estimate of drug-likeness (QED) is 0.713. The molecule has 1 heterocycles. The third-order valence-corrected chi connectivity index (χ3v) is 3.75. The molecule has 1 fully saturated rings. The topological polar surface area (TPSA) is 96.7 Å². The summed E-state index contributed by atoms with van der Waals surface area (Å²) in [5, 5.41) is 5.05. The van der Waals surface area contributed by atoms with Crippen molar-refractivity contribution in [2.45, 2.75) is 12.2 Å². The number of hydrogen-bond acceptors (Lipinski definition) is 5. The number of anilines is 2. The van der Waals surface area contributed by atoms with Gasteiger partial charge in [-0.3, -0.25) is 9.59 Å². The van der Waals surface area contributed by atoms with Gasteiger partial charge in [0.1, 0.15) is 6.61 Å². The smallest absolute Gasteiger partial charge is 0.370 e. The van der Waals surface area contributed by atoms with Crippen LogP contribution < -0.4 is 21.3 Å². The standard InChI is InChI=1S/C15H19F3N4O3/c1-20-11(7-19)14(24)21-9-2-3-12(10(6-9)15(16,17)18)22-4-5-25-8-13(22)23/h2-3,6,11,20H,4-5,7-8,19H2,1H3,(H,21,24)/t11-/m1/s1. The van der Waals surface area contributed by atoms with Crippen molar-refractivity contribution < 1.29 is 27.5 Å². The Hall–Kier alpha value is -2.17. The number of morpholine rings is 1. The number of likely N-dealkylation sites (N-methyl/N-ethyl adjacent to an activating group) is 1. The molecular formula is C15H19F3N4O3. The van der Waals surface area contributed by atoms with Gasteiger partial charge >= 0.3 is 6.18 Å². The van der Waals surface area contributed by atoms with E-state index in [2.05, 4.69) is 10.6 Å². The number of amides is 2. The van der Waals surface area contributed by atoms with Crippen LogP contribution in [0.25, 0.3) is 0 Å². The Bertz CT molecular complexity index is 647. The molecule has 4 N–H and O–H groups in total. The van der Waals surface area contributed by atoms with Crippen LogP contribution in [0.4, 0.5) is 24.5 Å². The van der Waals surface area contributed by atoms with Crippen molar-refractivity contribution in [2.75, 3.05) is 43.6 Å². The maximum atomic E-state index is 13.4. The van der Waals surface area contributed by atoms with E-state index in [9.17, 15) is 22.8 Å². The fourth-order valence-corrected chi connectivity index (χ4v) is 2.43. The number of carbonyl (C=O) groups is 2. The van der Waals surface area contributed by atoms with E-state index in [-0.39, 0.29) is 37.7 Å². The molecule has 0 radical (unpaired) electrons. The number of rotatable bonds is 5. The summed E-state index contributed by atoms with van der Waals surface area (Å²) in [5.41, 5.74) is 4.12. The first-order valence-electron chi connectivity index (χ1n) is 7.55. The molecular weight excluding hydrogens is 341 g/mol. The minimum Gasteiger partial charge on any atom is -0.370 e. The summed E-state index contributed by atoms with van der Waals surface area (Å²) in [6, 6.07) is 2.56. The van der Waals surface area contributed by atoms with Gasteiger partial charge in [-0.1, -0.05) is 0 Å². The molecule has 1 atom stereocenters. The average molecular weight is 360 g/mol. The molecule has 0 aliphatic carbocycles. The second-order valence-electron chi connectivity index (χ2n) is 5.39. The van der Waals surface area contributed by atoms with E-state index in [1.54, 1.807) is 0 Å². The van der Waals surface area contributed by atoms with Gasteiger partial charge < -0.3 is 26.0 Å². The van der Waals surface area contributed by atoms with Crippen LogP contribution in [0.15, 0.2) is 18.2 Å². The summed E-state index contributed by atoms with van der Waals surface area (Å²) >= 11 is 0. The number of alkyl halides is 3. The lowest BCUT2D eigenvalue weighted by molar-refractivity contribution is -0.137. The molecule has 1 aliphatic rings. The lowest BCUT2D eigenvalue weighted by Crippen LogP contribution is -2.44. The van der Waals surface area contributed by atoms with Crippen LogP contribution in [0.1, 0.15) is 5.56 Å². The Morgan fingerprint density at radius 1 is 1.44 bits per heavy atom. The molecule has 1 aliphatic heterocycles. The van der Waals surface area contributed by atoms with Gasteiger partial charge in [0.25, 0.3) is 5.91 Å². The predicted molar refractivity (Wildman–Crippen MR) is 85.1 cm³/mol. The van der Waals surface area contributed by atoms with Gasteiger partial charge in [-0.05, 0) is 25.2 Å².